The highest BCUT2D eigenvalue weighted by atomic mass is 32.1. The molecule has 1 fully saturated rings. The van der Waals surface area contributed by atoms with Crippen LogP contribution in [0.15, 0.2) is 5.38 Å². The maximum Gasteiger partial charge on any atom is 0.107 e. The van der Waals surface area contributed by atoms with Crippen LogP contribution in [0.25, 0.3) is 0 Å². The minimum atomic E-state index is -0.0336. The van der Waals surface area contributed by atoms with Gasteiger partial charge in [-0.3, -0.25) is 0 Å². The third-order valence-corrected chi connectivity index (χ3v) is 2.64. The predicted octanol–water partition coefficient (Wildman–Crippen LogP) is 0.608. The van der Waals surface area contributed by atoms with Crippen molar-refractivity contribution in [1.82, 2.24) is 9.59 Å². The van der Waals surface area contributed by atoms with E-state index in [0.29, 0.717) is 6.61 Å². The summed E-state index contributed by atoms with van der Waals surface area (Å²) >= 11 is 1.32. The molecule has 2 atom stereocenters. The molecule has 1 aliphatic heterocycles. The average molecular weight is 186 g/mol. The highest BCUT2D eigenvalue weighted by Gasteiger charge is 2.30. The Morgan fingerprint density at radius 3 is 3.33 bits per heavy atom. The van der Waals surface area contributed by atoms with E-state index in [9.17, 15) is 0 Å². The minimum Gasteiger partial charge on any atom is -0.396 e. The van der Waals surface area contributed by atoms with Gasteiger partial charge in [-0.25, -0.2) is 0 Å². The van der Waals surface area contributed by atoms with Crippen molar-refractivity contribution in [3.63, 3.8) is 0 Å². The van der Waals surface area contributed by atoms with E-state index in [0.717, 1.165) is 12.1 Å². The van der Waals surface area contributed by atoms with Crippen LogP contribution in [0.3, 0.4) is 0 Å². The molecule has 1 aromatic rings. The van der Waals surface area contributed by atoms with Crippen molar-refractivity contribution in [2.75, 3.05) is 13.2 Å². The Morgan fingerprint density at radius 1 is 1.75 bits per heavy atom. The van der Waals surface area contributed by atoms with Crippen LogP contribution in [0.2, 0.25) is 0 Å². The molecule has 4 nitrogen and oxygen atoms in total. The van der Waals surface area contributed by atoms with Gasteiger partial charge in [0.1, 0.15) is 11.8 Å². The Morgan fingerprint density at radius 2 is 2.67 bits per heavy atom. The molecule has 66 valence electrons. The molecule has 0 bridgehead atoms. The van der Waals surface area contributed by atoms with Gasteiger partial charge in [0.15, 0.2) is 0 Å². The first kappa shape index (κ1) is 8.10. The molecular formula is C7H10N2O2S. The van der Waals surface area contributed by atoms with Crippen LogP contribution in [0.1, 0.15) is 18.2 Å². The molecule has 0 radical (unpaired) electrons. The van der Waals surface area contributed by atoms with Gasteiger partial charge in [0, 0.05) is 24.5 Å². The van der Waals surface area contributed by atoms with Gasteiger partial charge in [-0.2, -0.15) is 0 Å². The standard InChI is InChI=1S/C7H10N2O2S/c10-3-5-1-2-11-7(5)6-4-12-9-8-6/h4-5,7,10H,1-3H2. The molecule has 0 saturated carbocycles. The van der Waals surface area contributed by atoms with E-state index in [2.05, 4.69) is 9.59 Å². The minimum absolute atomic E-state index is 0.0336. The normalized spacial score (nSPS) is 29.4. The first-order valence-electron chi connectivity index (χ1n) is 3.91. The summed E-state index contributed by atoms with van der Waals surface area (Å²) in [5.41, 5.74) is 0.858. The number of hydrogen-bond donors (Lipinski definition) is 1. The summed E-state index contributed by atoms with van der Waals surface area (Å²) in [6.45, 7) is 0.885. The third-order valence-electron chi connectivity index (χ3n) is 2.12. The Labute approximate surface area is 74.3 Å². The number of ether oxygens (including phenoxy) is 1. The highest BCUT2D eigenvalue weighted by molar-refractivity contribution is 7.03. The zero-order valence-electron chi connectivity index (χ0n) is 6.51. The quantitative estimate of drug-likeness (QED) is 0.735. The lowest BCUT2D eigenvalue weighted by Gasteiger charge is -2.12. The van der Waals surface area contributed by atoms with Gasteiger partial charge < -0.3 is 9.84 Å². The molecule has 2 rings (SSSR count). The molecule has 1 N–H and O–H groups in total. The first-order chi connectivity index (χ1) is 5.92. The molecule has 1 aliphatic rings. The summed E-state index contributed by atoms with van der Waals surface area (Å²) in [7, 11) is 0. The largest absolute Gasteiger partial charge is 0.396 e. The smallest absolute Gasteiger partial charge is 0.107 e. The van der Waals surface area contributed by atoms with Crippen LogP contribution in [-0.2, 0) is 4.74 Å². The van der Waals surface area contributed by atoms with Crippen molar-refractivity contribution in [2.24, 2.45) is 5.92 Å². The number of hydrogen-bond acceptors (Lipinski definition) is 5. The van der Waals surface area contributed by atoms with Crippen LogP contribution in [0, 0.1) is 5.92 Å². The molecule has 0 aromatic carbocycles. The second-order valence-electron chi connectivity index (χ2n) is 2.85. The van der Waals surface area contributed by atoms with E-state index in [-0.39, 0.29) is 18.6 Å². The van der Waals surface area contributed by atoms with E-state index in [4.69, 9.17) is 9.84 Å². The number of aliphatic hydroxyl groups excluding tert-OH is 1. The van der Waals surface area contributed by atoms with E-state index < -0.39 is 0 Å². The molecule has 5 heteroatoms. The summed E-state index contributed by atoms with van der Waals surface area (Å²) in [6, 6.07) is 0. The van der Waals surface area contributed by atoms with Gasteiger partial charge >= 0.3 is 0 Å². The summed E-state index contributed by atoms with van der Waals surface area (Å²) in [5, 5.41) is 14.8. The maximum absolute atomic E-state index is 9.01. The molecular weight excluding hydrogens is 176 g/mol. The van der Waals surface area contributed by atoms with Gasteiger partial charge in [-0.15, -0.1) is 5.10 Å². The van der Waals surface area contributed by atoms with Gasteiger partial charge in [0.05, 0.1) is 0 Å². The number of aliphatic hydroxyl groups is 1. The zero-order valence-corrected chi connectivity index (χ0v) is 7.33. The average Bonchev–Trinajstić information content (AvgIpc) is 2.74. The van der Waals surface area contributed by atoms with Crippen LogP contribution in [0.5, 0.6) is 0 Å². The summed E-state index contributed by atoms with van der Waals surface area (Å²) in [4.78, 5) is 0. The van der Waals surface area contributed by atoms with Crippen molar-refractivity contribution in [1.29, 1.82) is 0 Å². The maximum atomic E-state index is 9.01. The molecule has 0 spiro atoms. The van der Waals surface area contributed by atoms with Gasteiger partial charge in [-0.1, -0.05) is 4.49 Å². The fraction of sp³-hybridized carbons (Fsp3) is 0.714. The van der Waals surface area contributed by atoms with Gasteiger partial charge in [0.2, 0.25) is 0 Å². The summed E-state index contributed by atoms with van der Waals surface area (Å²) in [5.74, 6) is 0.203. The van der Waals surface area contributed by atoms with Crippen LogP contribution < -0.4 is 0 Å². The predicted molar refractivity (Wildman–Crippen MR) is 43.8 cm³/mol. The second kappa shape index (κ2) is 3.47. The van der Waals surface area contributed by atoms with Crippen molar-refractivity contribution in [2.45, 2.75) is 12.5 Å². The SMILES string of the molecule is OCC1CCOC1c1csnn1. The van der Waals surface area contributed by atoms with Crippen LogP contribution in [-0.4, -0.2) is 27.9 Å². The Balaban J connectivity index is 2.13. The highest BCUT2D eigenvalue weighted by Crippen LogP contribution is 2.33. The van der Waals surface area contributed by atoms with Crippen molar-refractivity contribution >= 4 is 11.5 Å². The Bertz CT molecular complexity index is 240. The van der Waals surface area contributed by atoms with Gasteiger partial charge in [0.25, 0.3) is 0 Å². The monoisotopic (exact) mass is 186 g/mol. The van der Waals surface area contributed by atoms with Crippen molar-refractivity contribution < 1.29 is 9.84 Å². The molecule has 2 unspecified atom stereocenters. The van der Waals surface area contributed by atoms with Crippen LogP contribution in [0.4, 0.5) is 0 Å². The second-order valence-corrected chi connectivity index (χ2v) is 3.46. The lowest BCUT2D eigenvalue weighted by Crippen LogP contribution is -2.11. The molecule has 1 aromatic heterocycles. The van der Waals surface area contributed by atoms with Crippen molar-refractivity contribution in [3.8, 4) is 0 Å². The van der Waals surface area contributed by atoms with Crippen molar-refractivity contribution in [3.05, 3.63) is 11.1 Å². The fourth-order valence-corrected chi connectivity index (χ4v) is 1.92. The van der Waals surface area contributed by atoms with E-state index in [1.54, 1.807) is 0 Å². The van der Waals surface area contributed by atoms with E-state index in [1.165, 1.54) is 11.5 Å². The number of aromatic nitrogens is 2. The Kier molecular flexibility index (Phi) is 2.34. The first-order valence-corrected chi connectivity index (χ1v) is 4.75. The van der Waals surface area contributed by atoms with E-state index >= 15 is 0 Å². The number of nitrogens with zero attached hydrogens (tertiary/aromatic N) is 2. The van der Waals surface area contributed by atoms with Crippen LogP contribution >= 0.6 is 11.5 Å². The topological polar surface area (TPSA) is 55.2 Å². The molecule has 12 heavy (non-hydrogen) atoms. The lowest BCUT2D eigenvalue weighted by molar-refractivity contribution is 0.0689. The fourth-order valence-electron chi connectivity index (χ4n) is 1.44. The van der Waals surface area contributed by atoms with E-state index in [1.807, 2.05) is 5.38 Å². The molecule has 0 amide bonds. The zero-order chi connectivity index (χ0) is 8.39. The summed E-state index contributed by atoms with van der Waals surface area (Å²) < 4.78 is 9.21. The molecule has 1 saturated heterocycles. The number of rotatable bonds is 2. The molecule has 2 heterocycles. The third kappa shape index (κ3) is 1.35. The molecule has 0 aliphatic carbocycles. The Hall–Kier alpha value is -0.520. The lowest BCUT2D eigenvalue weighted by atomic mass is 10.0. The summed E-state index contributed by atoms with van der Waals surface area (Å²) in [6.07, 6.45) is 0.882. The van der Waals surface area contributed by atoms with Gasteiger partial charge in [-0.05, 0) is 18.0 Å².